The van der Waals surface area contributed by atoms with Crippen molar-refractivity contribution >= 4 is 11.5 Å². The molecule has 0 saturated carbocycles. The second kappa shape index (κ2) is 5.47. The first-order valence-electron chi connectivity index (χ1n) is 5.21. The van der Waals surface area contributed by atoms with Gasteiger partial charge in [0, 0.05) is 24.5 Å². The fraction of sp³-hybridized carbons (Fsp3) is 0.545. The SMILES string of the molecule is CCC(CC)CNc1ccnc(N)c1. The number of pyridine rings is 1. The molecule has 1 rings (SSSR count). The van der Waals surface area contributed by atoms with Gasteiger partial charge < -0.3 is 11.1 Å². The van der Waals surface area contributed by atoms with Crippen LogP contribution in [0.15, 0.2) is 18.3 Å². The van der Waals surface area contributed by atoms with Crippen LogP contribution in [0.4, 0.5) is 11.5 Å². The quantitative estimate of drug-likeness (QED) is 0.755. The molecule has 1 heterocycles. The van der Waals surface area contributed by atoms with Crippen molar-refractivity contribution in [2.24, 2.45) is 5.92 Å². The molecule has 0 unspecified atom stereocenters. The van der Waals surface area contributed by atoms with Crippen LogP contribution < -0.4 is 11.1 Å². The number of nitrogens with zero attached hydrogens (tertiary/aromatic N) is 1. The average molecular weight is 193 g/mol. The molecular weight excluding hydrogens is 174 g/mol. The van der Waals surface area contributed by atoms with E-state index in [1.54, 1.807) is 6.20 Å². The maximum Gasteiger partial charge on any atom is 0.125 e. The molecule has 0 radical (unpaired) electrons. The third kappa shape index (κ3) is 3.24. The standard InChI is InChI=1S/C11H19N3/c1-3-9(4-2)8-14-10-5-6-13-11(12)7-10/h5-7,9H,3-4,8H2,1-2H3,(H3,12,13,14). The lowest BCUT2D eigenvalue weighted by molar-refractivity contribution is 0.519. The second-order valence-corrected chi connectivity index (χ2v) is 3.53. The predicted octanol–water partition coefficient (Wildman–Crippen LogP) is 2.51. The van der Waals surface area contributed by atoms with Crippen molar-refractivity contribution in [2.45, 2.75) is 26.7 Å². The molecule has 0 amide bonds. The van der Waals surface area contributed by atoms with Gasteiger partial charge in [0.05, 0.1) is 0 Å². The van der Waals surface area contributed by atoms with Gasteiger partial charge in [0.2, 0.25) is 0 Å². The maximum atomic E-state index is 5.58. The summed E-state index contributed by atoms with van der Waals surface area (Å²) in [5.74, 6) is 1.31. The smallest absolute Gasteiger partial charge is 0.125 e. The summed E-state index contributed by atoms with van der Waals surface area (Å²) >= 11 is 0. The van der Waals surface area contributed by atoms with E-state index in [0.717, 1.165) is 18.2 Å². The molecule has 0 aliphatic rings. The number of aromatic nitrogens is 1. The molecule has 0 aromatic carbocycles. The summed E-state index contributed by atoms with van der Waals surface area (Å²) in [5.41, 5.74) is 6.64. The Morgan fingerprint density at radius 1 is 1.43 bits per heavy atom. The van der Waals surface area contributed by atoms with E-state index in [0.29, 0.717) is 5.82 Å². The maximum absolute atomic E-state index is 5.58. The van der Waals surface area contributed by atoms with E-state index in [2.05, 4.69) is 24.1 Å². The first-order chi connectivity index (χ1) is 6.76. The van der Waals surface area contributed by atoms with Crippen LogP contribution in [-0.4, -0.2) is 11.5 Å². The van der Waals surface area contributed by atoms with Gasteiger partial charge >= 0.3 is 0 Å². The highest BCUT2D eigenvalue weighted by Gasteiger charge is 2.02. The van der Waals surface area contributed by atoms with Crippen LogP contribution >= 0.6 is 0 Å². The van der Waals surface area contributed by atoms with Crippen molar-refractivity contribution in [2.75, 3.05) is 17.6 Å². The van der Waals surface area contributed by atoms with Crippen molar-refractivity contribution in [3.8, 4) is 0 Å². The molecule has 0 aliphatic heterocycles. The molecule has 14 heavy (non-hydrogen) atoms. The minimum atomic E-state index is 0.569. The first-order valence-corrected chi connectivity index (χ1v) is 5.21. The van der Waals surface area contributed by atoms with Gasteiger partial charge in [-0.2, -0.15) is 0 Å². The molecule has 0 fully saturated rings. The van der Waals surface area contributed by atoms with Gasteiger partial charge in [-0.3, -0.25) is 0 Å². The van der Waals surface area contributed by atoms with E-state index >= 15 is 0 Å². The monoisotopic (exact) mass is 193 g/mol. The third-order valence-corrected chi connectivity index (χ3v) is 2.53. The second-order valence-electron chi connectivity index (χ2n) is 3.53. The lowest BCUT2D eigenvalue weighted by atomic mass is 10.0. The number of nitrogen functional groups attached to an aromatic ring is 1. The lowest BCUT2D eigenvalue weighted by Crippen LogP contribution is -2.12. The van der Waals surface area contributed by atoms with Crippen molar-refractivity contribution in [1.82, 2.24) is 4.98 Å². The fourth-order valence-electron chi connectivity index (χ4n) is 1.40. The molecule has 3 nitrogen and oxygen atoms in total. The van der Waals surface area contributed by atoms with Crippen LogP contribution in [0.5, 0.6) is 0 Å². The Morgan fingerprint density at radius 3 is 2.71 bits per heavy atom. The zero-order chi connectivity index (χ0) is 10.4. The molecule has 0 aliphatic carbocycles. The highest BCUT2D eigenvalue weighted by atomic mass is 14.9. The number of nitrogens with one attached hydrogen (secondary N) is 1. The van der Waals surface area contributed by atoms with Gasteiger partial charge in [-0.1, -0.05) is 26.7 Å². The van der Waals surface area contributed by atoms with Crippen LogP contribution in [0, 0.1) is 5.92 Å². The third-order valence-electron chi connectivity index (χ3n) is 2.53. The van der Waals surface area contributed by atoms with Crippen LogP contribution in [0.3, 0.4) is 0 Å². The van der Waals surface area contributed by atoms with Gasteiger partial charge in [-0.25, -0.2) is 4.98 Å². The number of nitrogens with two attached hydrogens (primary N) is 1. The fourth-order valence-corrected chi connectivity index (χ4v) is 1.40. The largest absolute Gasteiger partial charge is 0.385 e. The van der Waals surface area contributed by atoms with Crippen molar-refractivity contribution in [1.29, 1.82) is 0 Å². The van der Waals surface area contributed by atoms with E-state index in [1.807, 2.05) is 12.1 Å². The minimum Gasteiger partial charge on any atom is -0.385 e. The topological polar surface area (TPSA) is 50.9 Å². The van der Waals surface area contributed by atoms with E-state index in [4.69, 9.17) is 5.73 Å². The summed E-state index contributed by atoms with van der Waals surface area (Å²) in [5, 5.41) is 3.37. The van der Waals surface area contributed by atoms with Gasteiger partial charge in [0.1, 0.15) is 5.82 Å². The van der Waals surface area contributed by atoms with E-state index in [1.165, 1.54) is 12.8 Å². The van der Waals surface area contributed by atoms with E-state index in [9.17, 15) is 0 Å². The Balaban J connectivity index is 2.44. The average Bonchev–Trinajstić information content (AvgIpc) is 2.19. The number of hydrogen-bond acceptors (Lipinski definition) is 3. The molecule has 0 atom stereocenters. The molecule has 78 valence electrons. The summed E-state index contributed by atoms with van der Waals surface area (Å²) in [6, 6.07) is 3.81. The van der Waals surface area contributed by atoms with Gasteiger partial charge in [0.25, 0.3) is 0 Å². The lowest BCUT2D eigenvalue weighted by Gasteiger charge is -2.14. The zero-order valence-corrected chi connectivity index (χ0v) is 8.96. The van der Waals surface area contributed by atoms with Crippen LogP contribution in [0.2, 0.25) is 0 Å². The van der Waals surface area contributed by atoms with E-state index in [-0.39, 0.29) is 0 Å². The number of hydrogen-bond donors (Lipinski definition) is 2. The van der Waals surface area contributed by atoms with Gasteiger partial charge in [-0.05, 0) is 12.0 Å². The van der Waals surface area contributed by atoms with Crippen LogP contribution in [0.25, 0.3) is 0 Å². The van der Waals surface area contributed by atoms with Crippen molar-refractivity contribution in [3.63, 3.8) is 0 Å². The van der Waals surface area contributed by atoms with Crippen LogP contribution in [0.1, 0.15) is 26.7 Å². The molecule has 0 bridgehead atoms. The molecule has 3 heteroatoms. The Morgan fingerprint density at radius 2 is 2.14 bits per heavy atom. The minimum absolute atomic E-state index is 0.569. The summed E-state index contributed by atoms with van der Waals surface area (Å²) in [4.78, 5) is 3.95. The summed E-state index contributed by atoms with van der Waals surface area (Å²) < 4.78 is 0. The van der Waals surface area contributed by atoms with E-state index < -0.39 is 0 Å². The molecule has 0 spiro atoms. The molecule has 1 aromatic rings. The molecular formula is C11H19N3. The summed E-state index contributed by atoms with van der Waals surface area (Å²) in [7, 11) is 0. The number of anilines is 2. The molecule has 3 N–H and O–H groups in total. The van der Waals surface area contributed by atoms with Gasteiger partial charge in [0.15, 0.2) is 0 Å². The summed E-state index contributed by atoms with van der Waals surface area (Å²) in [6.45, 7) is 5.45. The Kier molecular flexibility index (Phi) is 4.23. The zero-order valence-electron chi connectivity index (χ0n) is 8.96. The Labute approximate surface area is 85.7 Å². The summed E-state index contributed by atoms with van der Waals surface area (Å²) in [6.07, 6.45) is 4.15. The normalized spacial score (nSPS) is 10.5. The Hall–Kier alpha value is -1.25. The molecule has 1 aromatic heterocycles. The highest BCUT2D eigenvalue weighted by molar-refractivity contribution is 5.49. The van der Waals surface area contributed by atoms with Gasteiger partial charge in [-0.15, -0.1) is 0 Å². The number of rotatable bonds is 5. The van der Waals surface area contributed by atoms with Crippen molar-refractivity contribution < 1.29 is 0 Å². The molecule has 0 saturated heterocycles. The first kappa shape index (κ1) is 10.8. The van der Waals surface area contributed by atoms with Crippen molar-refractivity contribution in [3.05, 3.63) is 18.3 Å². The Bertz CT molecular complexity index is 269. The highest BCUT2D eigenvalue weighted by Crippen LogP contribution is 2.12. The predicted molar refractivity (Wildman–Crippen MR) is 61.2 cm³/mol. The van der Waals surface area contributed by atoms with Crippen LogP contribution in [-0.2, 0) is 0 Å².